The lowest BCUT2D eigenvalue weighted by atomic mass is 9.60. The quantitative estimate of drug-likeness (QED) is 0.0782. The number of allylic oxidation sites excluding steroid dienone is 1. The third-order valence-electron chi connectivity index (χ3n) is 6.31. The van der Waals surface area contributed by atoms with E-state index in [2.05, 4.69) is 39.2 Å². The van der Waals surface area contributed by atoms with Crippen molar-refractivity contribution in [2.24, 2.45) is 16.7 Å². The van der Waals surface area contributed by atoms with Gasteiger partial charge in [-0.2, -0.15) is 0 Å². The molecule has 0 aliphatic heterocycles. The zero-order valence-electron chi connectivity index (χ0n) is 24.6. The van der Waals surface area contributed by atoms with Crippen molar-refractivity contribution in [3.63, 3.8) is 0 Å². The molecule has 1 fully saturated rings. The second-order valence-electron chi connectivity index (χ2n) is 11.1. The fourth-order valence-electron chi connectivity index (χ4n) is 5.07. The first-order valence-corrected chi connectivity index (χ1v) is 13.8. The van der Waals surface area contributed by atoms with Gasteiger partial charge in [-0.25, -0.2) is 9.59 Å². The van der Waals surface area contributed by atoms with Crippen molar-refractivity contribution in [1.82, 2.24) is 5.32 Å². The number of ether oxygens (including phenoxy) is 6. The zero-order chi connectivity index (χ0) is 30.0. The van der Waals surface area contributed by atoms with E-state index in [1.54, 1.807) is 6.92 Å². The van der Waals surface area contributed by atoms with E-state index in [1.165, 1.54) is 6.08 Å². The Morgan fingerprint density at radius 1 is 0.825 bits per heavy atom. The van der Waals surface area contributed by atoms with Crippen LogP contribution in [0.5, 0.6) is 0 Å². The Hall–Kier alpha value is -3.24. The van der Waals surface area contributed by atoms with E-state index in [0.717, 1.165) is 19.3 Å². The Bertz CT molecular complexity index is 856. The maximum atomic E-state index is 12.5. The second kappa shape index (κ2) is 18.2. The highest BCUT2D eigenvalue weighted by molar-refractivity contribution is 5.70. The van der Waals surface area contributed by atoms with Crippen molar-refractivity contribution >= 4 is 24.2 Å². The molecule has 0 aromatic heterocycles. The van der Waals surface area contributed by atoms with E-state index >= 15 is 0 Å². The first-order valence-electron chi connectivity index (χ1n) is 13.8. The lowest BCUT2D eigenvalue weighted by Crippen LogP contribution is -2.44. The molecule has 1 saturated carbocycles. The minimum atomic E-state index is -0.818. The number of alkyl carbamates (subject to hydrolysis) is 1. The Morgan fingerprint density at radius 2 is 1.40 bits per heavy atom. The van der Waals surface area contributed by atoms with Crippen molar-refractivity contribution in [2.75, 3.05) is 46.2 Å². The van der Waals surface area contributed by atoms with Gasteiger partial charge in [0.15, 0.2) is 0 Å². The van der Waals surface area contributed by atoms with Crippen LogP contribution in [0.3, 0.4) is 0 Å². The molecule has 0 aromatic carbocycles. The van der Waals surface area contributed by atoms with Crippen LogP contribution in [0.2, 0.25) is 0 Å². The molecule has 0 spiro atoms. The Morgan fingerprint density at radius 3 is 2.00 bits per heavy atom. The Kier molecular flexibility index (Phi) is 15.8. The number of hydrogen-bond donors (Lipinski definition) is 1. The average Bonchev–Trinajstić information content (AvgIpc) is 2.88. The van der Waals surface area contributed by atoms with Crippen molar-refractivity contribution in [3.05, 3.63) is 25.0 Å². The summed E-state index contributed by atoms with van der Waals surface area (Å²) in [5.41, 5.74) is -0.209. The molecule has 1 rings (SSSR count). The smallest absolute Gasteiger partial charge is 0.491 e. The molecule has 0 radical (unpaired) electrons. The number of nitrogens with one attached hydrogen (secondary N) is 1. The average molecular weight is 570 g/mol. The number of hydrogen-bond acceptors (Lipinski definition) is 10. The van der Waals surface area contributed by atoms with E-state index in [-0.39, 0.29) is 74.7 Å². The first-order chi connectivity index (χ1) is 18.9. The van der Waals surface area contributed by atoms with Crippen LogP contribution in [0.15, 0.2) is 25.0 Å². The topological polar surface area (TPSA) is 136 Å². The third-order valence-corrected chi connectivity index (χ3v) is 6.31. The van der Waals surface area contributed by atoms with Crippen molar-refractivity contribution < 1.29 is 47.6 Å². The monoisotopic (exact) mass is 569 g/mol. The molecular weight excluding hydrogens is 522 g/mol. The molecule has 2 unspecified atom stereocenters. The summed E-state index contributed by atoms with van der Waals surface area (Å²) in [6, 6.07) is 0. The van der Waals surface area contributed by atoms with Gasteiger partial charge in [-0.15, -0.1) is 0 Å². The summed E-state index contributed by atoms with van der Waals surface area (Å²) in [6.07, 6.45) is 3.99. The molecule has 0 saturated heterocycles. The van der Waals surface area contributed by atoms with Gasteiger partial charge in [0.1, 0.15) is 19.0 Å². The predicted octanol–water partition coefficient (Wildman–Crippen LogP) is 5.08. The fraction of sp³-hybridized carbons (Fsp3) is 0.724. The molecule has 1 aliphatic carbocycles. The van der Waals surface area contributed by atoms with Gasteiger partial charge >= 0.3 is 24.2 Å². The van der Waals surface area contributed by atoms with Crippen LogP contribution in [0.1, 0.15) is 72.6 Å². The number of amides is 1. The van der Waals surface area contributed by atoms with Crippen LogP contribution in [-0.4, -0.2) is 70.4 Å². The molecule has 228 valence electrons. The zero-order valence-corrected chi connectivity index (χ0v) is 24.6. The molecule has 1 aliphatic rings. The van der Waals surface area contributed by atoms with Gasteiger partial charge in [0.05, 0.1) is 26.4 Å². The minimum absolute atomic E-state index is 0.00568. The van der Waals surface area contributed by atoms with Gasteiger partial charge < -0.3 is 33.7 Å². The van der Waals surface area contributed by atoms with Gasteiger partial charge in [-0.05, 0) is 42.1 Å². The lowest BCUT2D eigenvalue weighted by molar-refractivity contribution is -0.146. The lowest BCUT2D eigenvalue weighted by Gasteiger charge is -2.46. The van der Waals surface area contributed by atoms with E-state index in [0.29, 0.717) is 31.6 Å². The molecule has 2 atom stereocenters. The molecule has 1 amide bonds. The van der Waals surface area contributed by atoms with Crippen LogP contribution in [0.25, 0.3) is 0 Å². The maximum absolute atomic E-state index is 12.5. The normalized spacial score (nSPS) is 19.4. The van der Waals surface area contributed by atoms with E-state index in [4.69, 9.17) is 28.4 Å². The van der Waals surface area contributed by atoms with Gasteiger partial charge in [-0.1, -0.05) is 40.9 Å². The van der Waals surface area contributed by atoms with Crippen LogP contribution in [-0.2, 0) is 38.0 Å². The molecule has 11 nitrogen and oxygen atoms in total. The van der Waals surface area contributed by atoms with Crippen molar-refractivity contribution in [3.8, 4) is 0 Å². The standard InChI is InChI=1S/C29H47NO10/c1-7-22(3)35-15-16-38-26(33)30-21-29(6)19-23(18-28(4,5)20-29)17-25(32)37-12-10-14-40-27(34)39-13-9-11-36-24(31)8-2/h7,23H,1,3,8-21H2,2,4-6H3,(H,30,33). The Balaban J connectivity index is 2.28. The summed E-state index contributed by atoms with van der Waals surface area (Å²) in [5, 5.41) is 2.84. The number of esters is 2. The van der Waals surface area contributed by atoms with Crippen molar-refractivity contribution in [1.29, 1.82) is 0 Å². The maximum Gasteiger partial charge on any atom is 0.508 e. The molecule has 40 heavy (non-hydrogen) atoms. The second-order valence-corrected chi connectivity index (χ2v) is 11.1. The highest BCUT2D eigenvalue weighted by Crippen LogP contribution is 2.49. The first kappa shape index (κ1) is 34.8. The van der Waals surface area contributed by atoms with Crippen LogP contribution < -0.4 is 5.32 Å². The predicted molar refractivity (Wildman–Crippen MR) is 147 cm³/mol. The van der Waals surface area contributed by atoms with E-state index < -0.39 is 12.2 Å². The van der Waals surface area contributed by atoms with Gasteiger partial charge in [0.25, 0.3) is 0 Å². The molecule has 1 N–H and O–H groups in total. The summed E-state index contributed by atoms with van der Waals surface area (Å²) < 4.78 is 30.4. The molecule has 11 heteroatoms. The van der Waals surface area contributed by atoms with Gasteiger partial charge in [0, 0.05) is 32.2 Å². The van der Waals surface area contributed by atoms with Gasteiger partial charge in [-0.3, -0.25) is 9.59 Å². The fourth-order valence-corrected chi connectivity index (χ4v) is 5.07. The van der Waals surface area contributed by atoms with Crippen molar-refractivity contribution in [2.45, 2.75) is 72.6 Å². The highest BCUT2D eigenvalue weighted by Gasteiger charge is 2.42. The summed E-state index contributed by atoms with van der Waals surface area (Å²) in [7, 11) is 0. The molecule has 0 bridgehead atoms. The van der Waals surface area contributed by atoms with Crippen LogP contribution >= 0.6 is 0 Å². The number of rotatable bonds is 18. The minimum Gasteiger partial charge on any atom is -0.491 e. The largest absolute Gasteiger partial charge is 0.508 e. The van der Waals surface area contributed by atoms with Crippen LogP contribution in [0.4, 0.5) is 9.59 Å². The number of carbonyl (C=O) groups excluding carboxylic acids is 4. The SMILES string of the molecule is C=CC(=C)OCCOC(=O)NCC1(C)CC(CC(=O)OCCCOC(=O)OCCCOC(=O)CC)CC(C)(C)C1. The molecule has 0 aromatic rings. The third kappa shape index (κ3) is 16.0. The van der Waals surface area contributed by atoms with Crippen LogP contribution in [0, 0.1) is 16.7 Å². The summed E-state index contributed by atoms with van der Waals surface area (Å²) >= 11 is 0. The van der Waals surface area contributed by atoms with E-state index in [9.17, 15) is 19.2 Å². The highest BCUT2D eigenvalue weighted by atomic mass is 16.7. The Labute approximate surface area is 237 Å². The van der Waals surface area contributed by atoms with E-state index in [1.807, 2.05) is 0 Å². The summed E-state index contributed by atoms with van der Waals surface area (Å²) in [4.78, 5) is 47.2. The van der Waals surface area contributed by atoms with Gasteiger partial charge in [0.2, 0.25) is 0 Å². The number of carbonyl (C=O) groups is 4. The summed E-state index contributed by atoms with van der Waals surface area (Å²) in [5.74, 6) is -0.0787. The molecular formula is C29H47NO10. The molecule has 0 heterocycles. The summed E-state index contributed by atoms with van der Waals surface area (Å²) in [6.45, 7) is 16.5.